The number of terminal acetylenes is 1. The molecule has 0 amide bonds. The molecule has 1 nitrogen and oxygen atoms in total. The van der Waals surface area contributed by atoms with Gasteiger partial charge < -0.3 is 5.11 Å². The van der Waals surface area contributed by atoms with E-state index >= 15 is 0 Å². The molecule has 1 rings (SSSR count). The maximum Gasteiger partial charge on any atom is 0.0899 e. The highest BCUT2D eigenvalue weighted by atomic mass is 79.9. The zero-order valence-corrected chi connectivity index (χ0v) is 9.14. The monoisotopic (exact) mass is 258 g/mol. The van der Waals surface area contributed by atoms with Gasteiger partial charge in [-0.1, -0.05) is 17.7 Å². The van der Waals surface area contributed by atoms with Gasteiger partial charge in [-0.2, -0.15) is 0 Å². The summed E-state index contributed by atoms with van der Waals surface area (Å²) in [5.41, 5.74) is 0.772. The van der Waals surface area contributed by atoms with Crippen LogP contribution in [0.4, 0.5) is 0 Å². The van der Waals surface area contributed by atoms with Crippen LogP contribution in [0.5, 0.6) is 0 Å². The van der Waals surface area contributed by atoms with E-state index in [0.29, 0.717) is 11.4 Å². The van der Waals surface area contributed by atoms with Crippen molar-refractivity contribution in [1.29, 1.82) is 0 Å². The molecule has 3 heteroatoms. The number of rotatable bonds is 2. The molecular weight excluding hydrogens is 251 g/mol. The van der Waals surface area contributed by atoms with Crippen LogP contribution in [0.3, 0.4) is 0 Å². The maximum atomic E-state index is 9.53. The van der Waals surface area contributed by atoms with Crippen LogP contribution in [0.2, 0.25) is 5.02 Å². The Kier molecular flexibility index (Phi) is 3.80. The summed E-state index contributed by atoms with van der Waals surface area (Å²) >= 11 is 9.06. The molecule has 13 heavy (non-hydrogen) atoms. The van der Waals surface area contributed by atoms with E-state index in [1.807, 2.05) is 0 Å². The lowest BCUT2D eigenvalue weighted by Gasteiger charge is -2.08. The minimum Gasteiger partial charge on any atom is -0.387 e. The van der Waals surface area contributed by atoms with Gasteiger partial charge in [0.2, 0.25) is 0 Å². The second kappa shape index (κ2) is 4.66. The Morgan fingerprint density at radius 1 is 1.62 bits per heavy atom. The molecule has 0 fully saturated rings. The van der Waals surface area contributed by atoms with Gasteiger partial charge in [0.05, 0.1) is 11.1 Å². The van der Waals surface area contributed by atoms with Crippen molar-refractivity contribution in [1.82, 2.24) is 0 Å². The molecule has 0 saturated heterocycles. The largest absolute Gasteiger partial charge is 0.387 e. The highest BCUT2D eigenvalue weighted by Crippen LogP contribution is 2.26. The van der Waals surface area contributed by atoms with E-state index < -0.39 is 6.10 Å². The molecule has 0 saturated carbocycles. The van der Waals surface area contributed by atoms with Crippen LogP contribution in [-0.2, 0) is 0 Å². The molecule has 1 atom stereocenters. The molecule has 0 aromatic heterocycles. The zero-order chi connectivity index (χ0) is 9.84. The number of aliphatic hydroxyl groups excluding tert-OH is 1. The van der Waals surface area contributed by atoms with Crippen molar-refractivity contribution in [3.63, 3.8) is 0 Å². The van der Waals surface area contributed by atoms with Crippen LogP contribution >= 0.6 is 27.5 Å². The average Bonchev–Trinajstić information content (AvgIpc) is 2.10. The molecular formula is C10H8BrClO. The van der Waals surface area contributed by atoms with E-state index in [0.717, 1.165) is 10.0 Å². The summed E-state index contributed by atoms with van der Waals surface area (Å²) in [6, 6.07) is 5.25. The van der Waals surface area contributed by atoms with Crippen molar-refractivity contribution in [2.45, 2.75) is 12.5 Å². The number of aliphatic hydroxyl groups is 1. The first kappa shape index (κ1) is 10.6. The molecule has 0 aliphatic rings. The van der Waals surface area contributed by atoms with Crippen LogP contribution < -0.4 is 0 Å². The molecule has 1 unspecified atom stereocenters. The molecule has 0 aliphatic carbocycles. The number of hydrogen-bond donors (Lipinski definition) is 1. The summed E-state index contributed by atoms with van der Waals surface area (Å²) in [7, 11) is 0. The summed E-state index contributed by atoms with van der Waals surface area (Å²) in [6.07, 6.45) is 4.79. The van der Waals surface area contributed by atoms with Gasteiger partial charge in [-0.25, -0.2) is 0 Å². The number of hydrogen-bond acceptors (Lipinski definition) is 1. The first-order valence-corrected chi connectivity index (χ1v) is 4.88. The SMILES string of the molecule is C#CCC(O)c1ccc(Cl)c(Br)c1. The van der Waals surface area contributed by atoms with Crippen molar-refractivity contribution in [2.75, 3.05) is 0 Å². The molecule has 0 radical (unpaired) electrons. The first-order valence-electron chi connectivity index (χ1n) is 3.71. The van der Waals surface area contributed by atoms with E-state index in [1.54, 1.807) is 18.2 Å². The Morgan fingerprint density at radius 3 is 2.85 bits per heavy atom. The van der Waals surface area contributed by atoms with Crippen molar-refractivity contribution in [2.24, 2.45) is 0 Å². The Bertz CT molecular complexity index is 343. The fourth-order valence-corrected chi connectivity index (χ4v) is 1.46. The maximum absolute atomic E-state index is 9.53. The molecule has 0 bridgehead atoms. The second-order valence-corrected chi connectivity index (χ2v) is 3.86. The normalized spacial score (nSPS) is 12.2. The van der Waals surface area contributed by atoms with Gasteiger partial charge >= 0.3 is 0 Å². The van der Waals surface area contributed by atoms with Crippen molar-refractivity contribution in [3.8, 4) is 12.3 Å². The Hall–Kier alpha value is -0.490. The Labute approximate surface area is 90.9 Å². The third kappa shape index (κ3) is 2.73. The minimum absolute atomic E-state index is 0.314. The van der Waals surface area contributed by atoms with Gasteiger partial charge in [-0.3, -0.25) is 0 Å². The van der Waals surface area contributed by atoms with Crippen LogP contribution in [0, 0.1) is 12.3 Å². The fourth-order valence-electron chi connectivity index (χ4n) is 0.949. The first-order chi connectivity index (χ1) is 6.15. The smallest absolute Gasteiger partial charge is 0.0899 e. The minimum atomic E-state index is -0.612. The van der Waals surface area contributed by atoms with Crippen molar-refractivity contribution < 1.29 is 5.11 Å². The van der Waals surface area contributed by atoms with E-state index in [9.17, 15) is 5.11 Å². The lowest BCUT2D eigenvalue weighted by molar-refractivity contribution is 0.184. The molecule has 0 aliphatic heterocycles. The van der Waals surface area contributed by atoms with Gasteiger partial charge in [0, 0.05) is 10.9 Å². The van der Waals surface area contributed by atoms with E-state index in [4.69, 9.17) is 18.0 Å². The summed E-state index contributed by atoms with van der Waals surface area (Å²) in [6.45, 7) is 0. The van der Waals surface area contributed by atoms with E-state index in [1.165, 1.54) is 0 Å². The van der Waals surface area contributed by atoms with Crippen LogP contribution in [-0.4, -0.2) is 5.11 Å². The van der Waals surface area contributed by atoms with Crippen LogP contribution in [0.25, 0.3) is 0 Å². The van der Waals surface area contributed by atoms with Crippen molar-refractivity contribution >= 4 is 27.5 Å². The molecule has 1 N–H and O–H groups in total. The third-order valence-electron chi connectivity index (χ3n) is 1.64. The van der Waals surface area contributed by atoms with E-state index in [-0.39, 0.29) is 0 Å². The molecule has 1 aromatic carbocycles. The van der Waals surface area contributed by atoms with E-state index in [2.05, 4.69) is 21.9 Å². The van der Waals surface area contributed by atoms with Crippen molar-refractivity contribution in [3.05, 3.63) is 33.3 Å². The average molecular weight is 260 g/mol. The number of halogens is 2. The lowest BCUT2D eigenvalue weighted by Crippen LogP contribution is -1.95. The van der Waals surface area contributed by atoms with Crippen LogP contribution in [0.15, 0.2) is 22.7 Å². The molecule has 0 heterocycles. The van der Waals surface area contributed by atoms with Gasteiger partial charge in [0.15, 0.2) is 0 Å². The molecule has 68 valence electrons. The third-order valence-corrected chi connectivity index (χ3v) is 2.85. The predicted octanol–water partition coefficient (Wildman–Crippen LogP) is 3.16. The summed E-state index contributed by atoms with van der Waals surface area (Å²) in [4.78, 5) is 0. The standard InChI is InChI=1S/C10H8BrClO/c1-2-3-10(13)7-4-5-9(12)8(11)6-7/h1,4-6,10,13H,3H2. The topological polar surface area (TPSA) is 20.2 Å². The predicted molar refractivity (Wildman–Crippen MR) is 57.6 cm³/mol. The van der Waals surface area contributed by atoms with Gasteiger partial charge in [0.25, 0.3) is 0 Å². The summed E-state index contributed by atoms with van der Waals surface area (Å²) in [5, 5.41) is 10.2. The lowest BCUT2D eigenvalue weighted by atomic mass is 10.1. The van der Waals surface area contributed by atoms with Gasteiger partial charge in [-0.05, 0) is 33.6 Å². The highest BCUT2D eigenvalue weighted by molar-refractivity contribution is 9.10. The molecule has 0 spiro atoms. The Balaban J connectivity index is 2.91. The molecule has 1 aromatic rings. The Morgan fingerprint density at radius 2 is 2.31 bits per heavy atom. The summed E-state index contributed by atoms with van der Waals surface area (Å²) < 4.78 is 0.766. The fraction of sp³-hybridized carbons (Fsp3) is 0.200. The van der Waals surface area contributed by atoms with Crippen LogP contribution in [0.1, 0.15) is 18.1 Å². The summed E-state index contributed by atoms with van der Waals surface area (Å²) in [5.74, 6) is 2.40. The highest BCUT2D eigenvalue weighted by Gasteiger charge is 2.07. The zero-order valence-electron chi connectivity index (χ0n) is 6.80. The number of benzene rings is 1. The van der Waals surface area contributed by atoms with Gasteiger partial charge in [-0.15, -0.1) is 12.3 Å². The van der Waals surface area contributed by atoms with Gasteiger partial charge in [0.1, 0.15) is 0 Å². The second-order valence-electron chi connectivity index (χ2n) is 2.60. The quantitative estimate of drug-likeness (QED) is 0.809.